The number of hydrogen-bond acceptors (Lipinski definition) is 4. The zero-order valence-corrected chi connectivity index (χ0v) is 8.62. The van der Waals surface area contributed by atoms with Gasteiger partial charge in [0.25, 0.3) is 6.01 Å². The fourth-order valence-corrected chi connectivity index (χ4v) is 1.30. The first kappa shape index (κ1) is 10.5. The Labute approximate surface area is 89.5 Å². The second-order valence-electron chi connectivity index (χ2n) is 3.44. The molecule has 4 nitrogen and oxygen atoms in total. The first-order chi connectivity index (χ1) is 7.54. The first-order valence-electron chi connectivity index (χ1n) is 4.45. The maximum absolute atomic E-state index is 13.6. The Morgan fingerprint density at radius 3 is 2.69 bits per heavy atom. The SMILES string of the molecule is CN(C)c1nc2c(F)c(C=O)c(F)cc2o1. The van der Waals surface area contributed by atoms with Gasteiger partial charge in [0.05, 0.1) is 5.56 Å². The van der Waals surface area contributed by atoms with Crippen molar-refractivity contribution in [1.82, 2.24) is 4.98 Å². The Kier molecular flexibility index (Phi) is 2.34. The average molecular weight is 226 g/mol. The van der Waals surface area contributed by atoms with Crippen LogP contribution in [-0.2, 0) is 0 Å². The summed E-state index contributed by atoms with van der Waals surface area (Å²) < 4.78 is 31.9. The molecule has 0 saturated carbocycles. The van der Waals surface area contributed by atoms with Crippen molar-refractivity contribution in [2.24, 2.45) is 0 Å². The first-order valence-corrected chi connectivity index (χ1v) is 4.45. The molecule has 1 aromatic carbocycles. The molecule has 2 aromatic rings. The van der Waals surface area contributed by atoms with E-state index in [9.17, 15) is 13.6 Å². The topological polar surface area (TPSA) is 46.3 Å². The number of aldehydes is 1. The van der Waals surface area contributed by atoms with Crippen LogP contribution in [0.25, 0.3) is 11.1 Å². The van der Waals surface area contributed by atoms with Crippen LogP contribution < -0.4 is 4.90 Å². The van der Waals surface area contributed by atoms with E-state index in [1.54, 1.807) is 14.1 Å². The van der Waals surface area contributed by atoms with Gasteiger partial charge in [-0.15, -0.1) is 0 Å². The van der Waals surface area contributed by atoms with Crippen LogP contribution in [0.2, 0.25) is 0 Å². The van der Waals surface area contributed by atoms with E-state index in [0.29, 0.717) is 0 Å². The van der Waals surface area contributed by atoms with E-state index < -0.39 is 17.2 Å². The van der Waals surface area contributed by atoms with Gasteiger partial charge in [-0.1, -0.05) is 0 Å². The summed E-state index contributed by atoms with van der Waals surface area (Å²) in [4.78, 5) is 15.8. The molecular weight excluding hydrogens is 218 g/mol. The number of carbonyl (C=O) groups excluding carboxylic acids is 1. The number of hydrogen-bond donors (Lipinski definition) is 0. The molecule has 1 aromatic heterocycles. The minimum Gasteiger partial charge on any atom is -0.423 e. The molecule has 0 amide bonds. The summed E-state index contributed by atoms with van der Waals surface area (Å²) in [5, 5.41) is 0. The van der Waals surface area contributed by atoms with E-state index in [-0.39, 0.29) is 23.4 Å². The van der Waals surface area contributed by atoms with E-state index >= 15 is 0 Å². The Morgan fingerprint density at radius 1 is 1.44 bits per heavy atom. The summed E-state index contributed by atoms with van der Waals surface area (Å²) in [5.41, 5.74) is -0.803. The molecule has 1 heterocycles. The lowest BCUT2D eigenvalue weighted by Gasteiger charge is -2.03. The Morgan fingerprint density at radius 2 is 2.12 bits per heavy atom. The van der Waals surface area contributed by atoms with Crippen LogP contribution in [0.4, 0.5) is 14.8 Å². The number of benzene rings is 1. The fourth-order valence-electron chi connectivity index (χ4n) is 1.30. The number of anilines is 1. The highest BCUT2D eigenvalue weighted by Crippen LogP contribution is 2.26. The molecule has 6 heteroatoms. The summed E-state index contributed by atoms with van der Waals surface area (Å²) in [6.07, 6.45) is 0.119. The maximum Gasteiger partial charge on any atom is 0.297 e. The predicted molar refractivity (Wildman–Crippen MR) is 53.6 cm³/mol. The van der Waals surface area contributed by atoms with Crippen molar-refractivity contribution in [2.75, 3.05) is 19.0 Å². The summed E-state index contributed by atoms with van der Waals surface area (Å²) in [7, 11) is 3.30. The van der Waals surface area contributed by atoms with E-state index in [2.05, 4.69) is 4.98 Å². The van der Waals surface area contributed by atoms with Crippen molar-refractivity contribution < 1.29 is 18.0 Å². The van der Waals surface area contributed by atoms with Gasteiger partial charge in [-0.3, -0.25) is 4.79 Å². The van der Waals surface area contributed by atoms with Crippen LogP contribution in [0.15, 0.2) is 10.5 Å². The molecule has 0 radical (unpaired) electrons. The molecular formula is C10H8F2N2O2. The average Bonchev–Trinajstić information content (AvgIpc) is 2.62. The van der Waals surface area contributed by atoms with E-state index in [1.807, 2.05) is 0 Å². The number of oxazole rings is 1. The van der Waals surface area contributed by atoms with E-state index in [0.717, 1.165) is 6.07 Å². The van der Waals surface area contributed by atoms with Crippen LogP contribution >= 0.6 is 0 Å². The number of nitrogens with zero attached hydrogens (tertiary/aromatic N) is 2. The molecule has 0 aliphatic heterocycles. The summed E-state index contributed by atoms with van der Waals surface area (Å²) in [6.45, 7) is 0. The molecule has 0 unspecified atom stereocenters. The van der Waals surface area contributed by atoms with E-state index in [1.165, 1.54) is 4.90 Å². The Balaban J connectivity index is 2.78. The highest BCUT2D eigenvalue weighted by atomic mass is 19.1. The smallest absolute Gasteiger partial charge is 0.297 e. The number of halogens is 2. The number of rotatable bonds is 2. The normalized spacial score (nSPS) is 10.8. The monoisotopic (exact) mass is 226 g/mol. The molecule has 0 bridgehead atoms. The van der Waals surface area contributed by atoms with Crippen molar-refractivity contribution in [3.63, 3.8) is 0 Å². The van der Waals surface area contributed by atoms with Crippen LogP contribution in [0.1, 0.15) is 10.4 Å². The summed E-state index contributed by atoms with van der Waals surface area (Å²) in [5.74, 6) is -1.96. The third-order valence-corrected chi connectivity index (χ3v) is 2.10. The Hall–Kier alpha value is -1.98. The second-order valence-corrected chi connectivity index (χ2v) is 3.44. The lowest BCUT2D eigenvalue weighted by Crippen LogP contribution is -2.08. The van der Waals surface area contributed by atoms with Crippen molar-refractivity contribution in [3.05, 3.63) is 23.3 Å². The van der Waals surface area contributed by atoms with Gasteiger partial charge in [0.15, 0.2) is 17.7 Å². The van der Waals surface area contributed by atoms with Crippen molar-refractivity contribution in [3.8, 4) is 0 Å². The van der Waals surface area contributed by atoms with Gasteiger partial charge in [0, 0.05) is 20.2 Å². The fraction of sp³-hybridized carbons (Fsp3) is 0.200. The van der Waals surface area contributed by atoms with Crippen LogP contribution in [0.3, 0.4) is 0 Å². The minimum atomic E-state index is -0.998. The molecule has 0 saturated heterocycles. The van der Waals surface area contributed by atoms with E-state index in [4.69, 9.17) is 4.42 Å². The molecule has 0 N–H and O–H groups in total. The quantitative estimate of drug-likeness (QED) is 0.734. The van der Waals surface area contributed by atoms with Gasteiger partial charge >= 0.3 is 0 Å². The van der Waals surface area contributed by atoms with Gasteiger partial charge in [0.2, 0.25) is 0 Å². The number of fused-ring (bicyclic) bond motifs is 1. The zero-order valence-electron chi connectivity index (χ0n) is 8.62. The molecule has 16 heavy (non-hydrogen) atoms. The summed E-state index contributed by atoms with van der Waals surface area (Å²) in [6, 6.07) is 1.10. The molecule has 0 spiro atoms. The molecule has 2 rings (SSSR count). The molecule has 0 aliphatic rings. The summed E-state index contributed by atoms with van der Waals surface area (Å²) >= 11 is 0. The van der Waals surface area contributed by atoms with Crippen LogP contribution in [-0.4, -0.2) is 25.4 Å². The molecule has 84 valence electrons. The van der Waals surface area contributed by atoms with Gasteiger partial charge in [-0.05, 0) is 0 Å². The molecule has 0 aliphatic carbocycles. The van der Waals surface area contributed by atoms with Crippen LogP contribution in [0.5, 0.6) is 0 Å². The molecule has 0 fully saturated rings. The van der Waals surface area contributed by atoms with Crippen molar-refractivity contribution in [2.45, 2.75) is 0 Å². The molecule has 0 atom stereocenters. The highest BCUT2D eigenvalue weighted by molar-refractivity contribution is 5.85. The third kappa shape index (κ3) is 1.42. The standard InChI is InChI=1S/C10H8F2N2O2/c1-14(2)10-13-9-7(16-10)3-6(11)5(4-15)8(9)12/h3-4H,1-2H3. The maximum atomic E-state index is 13.6. The highest BCUT2D eigenvalue weighted by Gasteiger charge is 2.18. The van der Waals surface area contributed by atoms with Crippen molar-refractivity contribution in [1.29, 1.82) is 0 Å². The zero-order chi connectivity index (χ0) is 11.9. The van der Waals surface area contributed by atoms with Crippen molar-refractivity contribution >= 4 is 23.4 Å². The van der Waals surface area contributed by atoms with Gasteiger partial charge in [-0.2, -0.15) is 4.98 Å². The van der Waals surface area contributed by atoms with Gasteiger partial charge < -0.3 is 9.32 Å². The van der Waals surface area contributed by atoms with Gasteiger partial charge in [0.1, 0.15) is 11.3 Å². The van der Waals surface area contributed by atoms with Crippen LogP contribution in [0, 0.1) is 11.6 Å². The predicted octanol–water partition coefficient (Wildman–Crippen LogP) is 1.98. The number of aromatic nitrogens is 1. The third-order valence-electron chi connectivity index (χ3n) is 2.10. The minimum absolute atomic E-state index is 0.0238. The number of carbonyl (C=O) groups is 1. The largest absolute Gasteiger partial charge is 0.423 e. The second kappa shape index (κ2) is 3.55. The lowest BCUT2D eigenvalue weighted by atomic mass is 10.2. The van der Waals surface area contributed by atoms with Gasteiger partial charge in [-0.25, -0.2) is 8.78 Å². The lowest BCUT2D eigenvalue weighted by molar-refractivity contribution is 0.111. The Bertz CT molecular complexity index is 563.